The second kappa shape index (κ2) is 4.86. The summed E-state index contributed by atoms with van der Waals surface area (Å²) in [7, 11) is 0. The van der Waals surface area contributed by atoms with Crippen LogP contribution >= 0.6 is 0 Å². The van der Waals surface area contributed by atoms with Gasteiger partial charge in [0.1, 0.15) is 0 Å². The van der Waals surface area contributed by atoms with Crippen LogP contribution < -0.4 is 0 Å². The van der Waals surface area contributed by atoms with Crippen LogP contribution in [0.2, 0.25) is 0 Å². The summed E-state index contributed by atoms with van der Waals surface area (Å²) in [5, 5.41) is 10.6. The molecule has 1 heteroatoms. The maximum Gasteiger partial charge on any atom is 0.0650 e. The van der Waals surface area contributed by atoms with E-state index in [4.69, 9.17) is 0 Å². The lowest BCUT2D eigenvalue weighted by Crippen LogP contribution is -2.30. The van der Waals surface area contributed by atoms with Crippen LogP contribution in [0.3, 0.4) is 0 Å². The highest BCUT2D eigenvalue weighted by molar-refractivity contribution is 4.87. The molecule has 0 bridgehead atoms. The van der Waals surface area contributed by atoms with Crippen LogP contribution in [0.4, 0.5) is 0 Å². The summed E-state index contributed by atoms with van der Waals surface area (Å²) in [5.41, 5.74) is 0.0864. The smallest absolute Gasteiger partial charge is 0.0650 e. The van der Waals surface area contributed by atoms with E-state index in [9.17, 15) is 5.11 Å². The Morgan fingerprint density at radius 2 is 1.80 bits per heavy atom. The van der Waals surface area contributed by atoms with Crippen molar-refractivity contribution in [3.05, 3.63) is 0 Å². The van der Waals surface area contributed by atoms with Crippen LogP contribution in [0.25, 0.3) is 0 Å². The predicted octanol–water partition coefficient (Wildman–Crippen LogP) is 4.14. The Morgan fingerprint density at radius 1 is 1.13 bits per heavy atom. The van der Waals surface area contributed by atoms with Crippen molar-refractivity contribution in [3.63, 3.8) is 0 Å². The molecule has 1 aliphatic carbocycles. The van der Waals surface area contributed by atoms with Crippen LogP contribution in [0.1, 0.15) is 72.6 Å². The molecule has 1 fully saturated rings. The van der Waals surface area contributed by atoms with Crippen LogP contribution in [0, 0.1) is 11.3 Å². The Morgan fingerprint density at radius 3 is 2.40 bits per heavy atom. The molecule has 1 N–H and O–H groups in total. The monoisotopic (exact) mass is 212 g/mol. The summed E-state index contributed by atoms with van der Waals surface area (Å²) in [6.45, 7) is 9.15. The van der Waals surface area contributed by atoms with Gasteiger partial charge in [-0.15, -0.1) is 0 Å². The summed E-state index contributed by atoms with van der Waals surface area (Å²) in [6.07, 6.45) is 7.85. The fourth-order valence-electron chi connectivity index (χ4n) is 2.71. The van der Waals surface area contributed by atoms with Gasteiger partial charge in [0.25, 0.3) is 0 Å². The molecule has 2 unspecified atom stereocenters. The highest BCUT2D eigenvalue weighted by Gasteiger charge is 2.34. The van der Waals surface area contributed by atoms with Gasteiger partial charge in [-0.05, 0) is 43.4 Å². The van der Waals surface area contributed by atoms with Crippen LogP contribution in [-0.4, -0.2) is 10.7 Å². The van der Waals surface area contributed by atoms with E-state index >= 15 is 0 Å². The average molecular weight is 212 g/mol. The molecule has 0 aromatic heterocycles. The van der Waals surface area contributed by atoms with E-state index in [1.807, 2.05) is 0 Å². The van der Waals surface area contributed by atoms with E-state index in [1.165, 1.54) is 25.7 Å². The van der Waals surface area contributed by atoms with Crippen molar-refractivity contribution >= 4 is 0 Å². The summed E-state index contributed by atoms with van der Waals surface area (Å²) in [4.78, 5) is 0. The third-order valence-corrected chi connectivity index (χ3v) is 4.19. The van der Waals surface area contributed by atoms with Crippen LogP contribution in [0.5, 0.6) is 0 Å². The van der Waals surface area contributed by atoms with Crippen molar-refractivity contribution < 1.29 is 5.11 Å². The van der Waals surface area contributed by atoms with Crippen molar-refractivity contribution in [2.75, 3.05) is 0 Å². The second-order valence-electron chi connectivity index (χ2n) is 6.46. The van der Waals surface area contributed by atoms with Crippen molar-refractivity contribution in [1.29, 1.82) is 0 Å². The average Bonchev–Trinajstić information content (AvgIpc) is 2.26. The van der Waals surface area contributed by atoms with Gasteiger partial charge in [0.15, 0.2) is 0 Å². The normalized spacial score (nSPS) is 33.4. The maximum absolute atomic E-state index is 10.6. The molecular weight excluding hydrogens is 184 g/mol. The maximum atomic E-state index is 10.6. The molecule has 1 aliphatic rings. The molecule has 0 radical (unpaired) electrons. The van der Waals surface area contributed by atoms with Gasteiger partial charge in [0, 0.05) is 0 Å². The molecule has 90 valence electrons. The summed E-state index contributed by atoms with van der Waals surface area (Å²) < 4.78 is 0. The summed E-state index contributed by atoms with van der Waals surface area (Å²) in [5.74, 6) is 0.663. The Hall–Kier alpha value is -0.0400. The van der Waals surface area contributed by atoms with Crippen molar-refractivity contribution in [2.24, 2.45) is 11.3 Å². The minimum atomic E-state index is -0.358. The second-order valence-corrected chi connectivity index (χ2v) is 6.46. The number of hydrogen-bond acceptors (Lipinski definition) is 1. The zero-order valence-corrected chi connectivity index (χ0v) is 11.0. The molecular formula is C14H28O. The van der Waals surface area contributed by atoms with E-state index in [-0.39, 0.29) is 5.60 Å². The first-order chi connectivity index (χ1) is 6.87. The van der Waals surface area contributed by atoms with Gasteiger partial charge < -0.3 is 5.11 Å². The fraction of sp³-hybridized carbons (Fsp3) is 1.00. The van der Waals surface area contributed by atoms with Gasteiger partial charge in [-0.2, -0.15) is 0 Å². The Kier molecular flexibility index (Phi) is 4.22. The topological polar surface area (TPSA) is 20.2 Å². The molecule has 0 heterocycles. The molecule has 0 spiro atoms. The lowest BCUT2D eigenvalue weighted by Gasteiger charge is -2.30. The van der Waals surface area contributed by atoms with Gasteiger partial charge in [0.2, 0.25) is 0 Å². The lowest BCUT2D eigenvalue weighted by molar-refractivity contribution is 0.000522. The first-order valence-electron chi connectivity index (χ1n) is 6.59. The molecule has 0 aliphatic heterocycles. The SMILES string of the molecule is CCC(C)CC1(O)CCCC(C)(C)CC1. The van der Waals surface area contributed by atoms with Crippen LogP contribution in [-0.2, 0) is 0 Å². The predicted molar refractivity (Wildman–Crippen MR) is 65.9 cm³/mol. The fourth-order valence-corrected chi connectivity index (χ4v) is 2.71. The molecule has 0 saturated heterocycles. The molecule has 1 saturated carbocycles. The van der Waals surface area contributed by atoms with Gasteiger partial charge in [-0.1, -0.05) is 40.5 Å². The lowest BCUT2D eigenvalue weighted by atomic mass is 9.81. The largest absolute Gasteiger partial charge is 0.390 e. The Bertz CT molecular complexity index is 198. The molecule has 1 rings (SSSR count). The number of rotatable bonds is 3. The van der Waals surface area contributed by atoms with E-state index in [0.717, 1.165) is 19.3 Å². The zero-order chi connectivity index (χ0) is 11.5. The minimum Gasteiger partial charge on any atom is -0.390 e. The zero-order valence-electron chi connectivity index (χ0n) is 11.0. The molecule has 2 atom stereocenters. The number of hydrogen-bond donors (Lipinski definition) is 1. The molecule has 1 nitrogen and oxygen atoms in total. The first-order valence-corrected chi connectivity index (χ1v) is 6.59. The summed E-state index contributed by atoms with van der Waals surface area (Å²) >= 11 is 0. The highest BCUT2D eigenvalue weighted by Crippen LogP contribution is 2.40. The van der Waals surface area contributed by atoms with Gasteiger partial charge >= 0.3 is 0 Å². The van der Waals surface area contributed by atoms with Crippen molar-refractivity contribution in [3.8, 4) is 0 Å². The minimum absolute atomic E-state index is 0.358. The van der Waals surface area contributed by atoms with Gasteiger partial charge in [0.05, 0.1) is 5.60 Å². The third kappa shape index (κ3) is 4.14. The van der Waals surface area contributed by atoms with E-state index in [2.05, 4.69) is 27.7 Å². The van der Waals surface area contributed by atoms with E-state index in [0.29, 0.717) is 11.3 Å². The Labute approximate surface area is 95.3 Å². The van der Waals surface area contributed by atoms with Gasteiger partial charge in [-0.3, -0.25) is 0 Å². The Balaban J connectivity index is 2.54. The van der Waals surface area contributed by atoms with E-state index < -0.39 is 0 Å². The standard InChI is InChI=1S/C14H28O/c1-5-12(2)11-14(15)8-6-7-13(3,4)9-10-14/h12,15H,5-11H2,1-4H3. The van der Waals surface area contributed by atoms with Crippen LogP contribution in [0.15, 0.2) is 0 Å². The number of aliphatic hydroxyl groups is 1. The first kappa shape index (κ1) is 13.0. The van der Waals surface area contributed by atoms with E-state index in [1.54, 1.807) is 0 Å². The van der Waals surface area contributed by atoms with Crippen molar-refractivity contribution in [1.82, 2.24) is 0 Å². The summed E-state index contributed by atoms with van der Waals surface area (Å²) in [6, 6.07) is 0. The molecule has 0 amide bonds. The molecule has 0 aromatic rings. The van der Waals surface area contributed by atoms with Crippen molar-refractivity contribution in [2.45, 2.75) is 78.2 Å². The third-order valence-electron chi connectivity index (χ3n) is 4.19. The quantitative estimate of drug-likeness (QED) is 0.697. The highest BCUT2D eigenvalue weighted by atomic mass is 16.3. The van der Waals surface area contributed by atoms with Gasteiger partial charge in [-0.25, -0.2) is 0 Å². The molecule has 15 heavy (non-hydrogen) atoms. The molecule has 0 aromatic carbocycles.